The minimum Gasteiger partial charge on any atom is -0.496 e. The number of likely N-dealkylation sites (tertiary alicyclic amines) is 1. The monoisotopic (exact) mass is 588 g/mol. The van der Waals surface area contributed by atoms with Crippen molar-refractivity contribution in [2.24, 2.45) is 5.92 Å². The third-order valence-corrected chi connectivity index (χ3v) is 10.2. The molecule has 3 heterocycles. The first-order chi connectivity index (χ1) is 19.1. The second-order valence-corrected chi connectivity index (χ2v) is 13.2. The van der Waals surface area contributed by atoms with Crippen molar-refractivity contribution < 1.29 is 27.5 Å². The second-order valence-electron chi connectivity index (χ2n) is 10.2. The van der Waals surface area contributed by atoms with E-state index in [9.17, 15) is 18.0 Å². The summed E-state index contributed by atoms with van der Waals surface area (Å²) in [6, 6.07) is 3.45. The van der Waals surface area contributed by atoms with Crippen LogP contribution in [-0.4, -0.2) is 81.6 Å². The Morgan fingerprint density at radius 2 is 2.05 bits per heavy atom. The predicted molar refractivity (Wildman–Crippen MR) is 151 cm³/mol. The van der Waals surface area contributed by atoms with Gasteiger partial charge in [0.05, 0.1) is 19.9 Å². The van der Waals surface area contributed by atoms with E-state index in [-0.39, 0.29) is 23.6 Å². The molecular formula is C26H32N6O6S2. The lowest BCUT2D eigenvalue weighted by molar-refractivity contribution is -0.154. The number of carbonyl (C=O) groups excluding carboxylic acids is 2. The van der Waals surface area contributed by atoms with Crippen LogP contribution in [-0.2, 0) is 30.8 Å². The molecule has 0 radical (unpaired) electrons. The highest BCUT2D eigenvalue weighted by atomic mass is 32.2. The van der Waals surface area contributed by atoms with E-state index in [0.29, 0.717) is 40.2 Å². The van der Waals surface area contributed by atoms with Gasteiger partial charge in [0.15, 0.2) is 9.34 Å². The summed E-state index contributed by atoms with van der Waals surface area (Å²) in [4.78, 5) is 38.3. The van der Waals surface area contributed by atoms with E-state index in [1.807, 2.05) is 12.1 Å². The number of pyridine rings is 1. The number of ether oxygens (including phenoxy) is 2. The van der Waals surface area contributed by atoms with Gasteiger partial charge >= 0.3 is 5.97 Å². The van der Waals surface area contributed by atoms with Gasteiger partial charge in [-0.15, -0.1) is 0 Å². The molecule has 2 atom stereocenters. The number of nitrogens with one attached hydrogen (secondary N) is 1. The van der Waals surface area contributed by atoms with Gasteiger partial charge in [-0.1, -0.05) is 11.3 Å². The number of fused-ring (bicyclic) bond motifs is 1. The van der Waals surface area contributed by atoms with Gasteiger partial charge in [0.25, 0.3) is 10.0 Å². The minimum atomic E-state index is -3.99. The smallest absolute Gasteiger partial charge is 0.329 e. The molecule has 3 N–H and O–H groups in total. The molecule has 12 nitrogen and oxygen atoms in total. The van der Waals surface area contributed by atoms with Gasteiger partial charge in [0.2, 0.25) is 5.91 Å². The molecule has 2 aliphatic rings. The Morgan fingerprint density at radius 3 is 2.73 bits per heavy atom. The van der Waals surface area contributed by atoms with Crippen molar-refractivity contribution in [3.63, 3.8) is 0 Å². The first-order valence-corrected chi connectivity index (χ1v) is 15.2. The van der Waals surface area contributed by atoms with Crippen molar-refractivity contribution in [3.8, 4) is 5.75 Å². The summed E-state index contributed by atoms with van der Waals surface area (Å²) in [6.45, 7) is 0.484. The zero-order valence-electron chi connectivity index (χ0n) is 22.5. The molecule has 214 valence electrons. The molecule has 3 aromatic rings. The molecule has 2 unspecified atom stereocenters. The Balaban J connectivity index is 1.39. The van der Waals surface area contributed by atoms with Gasteiger partial charge in [-0.25, -0.2) is 23.2 Å². The Labute approximate surface area is 236 Å². The molecule has 14 heteroatoms. The number of methoxy groups -OCH3 is 1. The fraction of sp³-hybridized carbons (Fsp3) is 0.462. The zero-order valence-corrected chi connectivity index (χ0v) is 24.1. The third kappa shape index (κ3) is 5.83. The normalized spacial score (nSPS) is 18.2. The van der Waals surface area contributed by atoms with Gasteiger partial charge in [-0.05, 0) is 54.3 Å². The molecule has 1 aliphatic heterocycles. The van der Waals surface area contributed by atoms with E-state index in [1.54, 1.807) is 31.3 Å². The Hall–Kier alpha value is -3.49. The van der Waals surface area contributed by atoms with E-state index in [4.69, 9.17) is 15.2 Å². The summed E-state index contributed by atoms with van der Waals surface area (Å²) in [5.74, 6) is 0.181. The number of hydrogen-bond donors (Lipinski definition) is 2. The zero-order chi connectivity index (χ0) is 28.6. The van der Waals surface area contributed by atoms with E-state index < -0.39 is 34.0 Å². The van der Waals surface area contributed by atoms with Crippen molar-refractivity contribution in [3.05, 3.63) is 36.2 Å². The first-order valence-electron chi connectivity index (χ1n) is 12.9. The number of benzene rings is 1. The van der Waals surface area contributed by atoms with Crippen LogP contribution in [0, 0.1) is 5.92 Å². The van der Waals surface area contributed by atoms with Crippen LogP contribution in [0.3, 0.4) is 0 Å². The van der Waals surface area contributed by atoms with Gasteiger partial charge in [-0.3, -0.25) is 4.79 Å². The number of nitrogens with two attached hydrogens (primary N) is 1. The summed E-state index contributed by atoms with van der Waals surface area (Å²) in [5.41, 5.74) is 6.73. The highest BCUT2D eigenvalue weighted by molar-refractivity contribution is 7.91. The summed E-state index contributed by atoms with van der Waals surface area (Å²) >= 11 is 1.01. The van der Waals surface area contributed by atoms with Crippen molar-refractivity contribution in [2.45, 2.75) is 42.0 Å². The number of esters is 1. The lowest BCUT2D eigenvalue weighted by Crippen LogP contribution is -2.48. The second kappa shape index (κ2) is 11.2. The molecule has 1 saturated carbocycles. The average molecular weight is 589 g/mol. The van der Waals surface area contributed by atoms with Gasteiger partial charge in [0, 0.05) is 38.6 Å². The number of sulfonamides is 1. The maximum Gasteiger partial charge on any atom is 0.329 e. The van der Waals surface area contributed by atoms with Gasteiger partial charge in [0.1, 0.15) is 23.7 Å². The van der Waals surface area contributed by atoms with Crippen LogP contribution in [0.2, 0.25) is 0 Å². The largest absolute Gasteiger partial charge is 0.496 e. The number of amides is 1. The Bertz CT molecular complexity index is 1540. The number of rotatable bonds is 11. The SMILES string of the molecule is COc1cc2c(N)nccc2cc1CC(C(=O)OCC1CC1)N1CCC(NS(=O)(=O)c2cnc(N(C)C)s2)C1=O. The van der Waals surface area contributed by atoms with Crippen LogP contribution in [0.25, 0.3) is 10.8 Å². The van der Waals surface area contributed by atoms with Crippen molar-refractivity contribution >= 4 is 55.0 Å². The van der Waals surface area contributed by atoms with Crippen LogP contribution in [0.5, 0.6) is 5.75 Å². The Morgan fingerprint density at radius 1 is 1.27 bits per heavy atom. The lowest BCUT2D eigenvalue weighted by Gasteiger charge is -2.27. The standard InChI is InChI=1S/C26H32N6O6S2/c1-31(2)26-29-13-22(39-26)40(35,36)30-19-7-9-32(24(19)33)20(25(34)38-14-15-4-5-15)11-17-10-16-6-8-28-23(27)18(16)12-21(17)37-3/h6,8,10,12-13,15,19-20,30H,4-5,7,9,11,14H2,1-3H3,(H2,27,28). The number of nitrogen functional groups attached to an aromatic ring is 1. The van der Waals surface area contributed by atoms with Crippen molar-refractivity contribution in [1.82, 2.24) is 19.6 Å². The maximum absolute atomic E-state index is 13.5. The van der Waals surface area contributed by atoms with Crippen LogP contribution in [0.1, 0.15) is 24.8 Å². The number of anilines is 2. The highest BCUT2D eigenvalue weighted by Crippen LogP contribution is 2.33. The quantitative estimate of drug-likeness (QED) is 0.317. The molecule has 2 aromatic heterocycles. The molecule has 1 amide bonds. The minimum absolute atomic E-state index is 0.0116. The van der Waals surface area contributed by atoms with Crippen molar-refractivity contribution in [2.75, 3.05) is 45.0 Å². The molecule has 0 bridgehead atoms. The topological polar surface area (TPSA) is 157 Å². The first kappa shape index (κ1) is 28.1. The van der Waals surface area contributed by atoms with E-state index in [0.717, 1.165) is 29.6 Å². The van der Waals surface area contributed by atoms with Crippen LogP contribution in [0.15, 0.2) is 34.8 Å². The van der Waals surface area contributed by atoms with Crippen molar-refractivity contribution in [1.29, 1.82) is 0 Å². The molecule has 0 spiro atoms. The average Bonchev–Trinajstić information content (AvgIpc) is 3.48. The van der Waals surface area contributed by atoms with Crippen LogP contribution < -0.4 is 20.1 Å². The van der Waals surface area contributed by atoms with Gasteiger partial charge in [-0.2, -0.15) is 4.72 Å². The highest BCUT2D eigenvalue weighted by Gasteiger charge is 2.42. The third-order valence-electron chi connectivity index (χ3n) is 7.07. The fourth-order valence-corrected chi connectivity index (χ4v) is 6.96. The number of thiazole rings is 1. The molecule has 40 heavy (non-hydrogen) atoms. The molecule has 2 fully saturated rings. The number of carbonyl (C=O) groups is 2. The van der Waals surface area contributed by atoms with E-state index >= 15 is 0 Å². The number of aromatic nitrogens is 2. The Kier molecular flexibility index (Phi) is 7.84. The van der Waals surface area contributed by atoms with E-state index in [1.165, 1.54) is 18.2 Å². The lowest BCUT2D eigenvalue weighted by atomic mass is 10.00. The number of hydrogen-bond acceptors (Lipinski definition) is 11. The van der Waals surface area contributed by atoms with E-state index in [2.05, 4.69) is 14.7 Å². The van der Waals surface area contributed by atoms with Gasteiger partial charge < -0.3 is 25.0 Å². The van der Waals surface area contributed by atoms with Crippen LogP contribution in [0.4, 0.5) is 10.9 Å². The molecular weight excluding hydrogens is 556 g/mol. The summed E-state index contributed by atoms with van der Waals surface area (Å²) < 4.78 is 39.8. The fourth-order valence-electron chi connectivity index (χ4n) is 4.68. The molecule has 1 aliphatic carbocycles. The summed E-state index contributed by atoms with van der Waals surface area (Å²) in [7, 11) is 1.05. The molecule has 1 saturated heterocycles. The summed E-state index contributed by atoms with van der Waals surface area (Å²) in [5, 5.41) is 2.05. The number of nitrogens with zero attached hydrogens (tertiary/aromatic N) is 4. The predicted octanol–water partition coefficient (Wildman–Crippen LogP) is 1.79. The molecule has 1 aromatic carbocycles. The summed E-state index contributed by atoms with van der Waals surface area (Å²) in [6.07, 6.45) is 5.21. The maximum atomic E-state index is 13.5. The molecule has 5 rings (SSSR count). The van der Waals surface area contributed by atoms with Crippen LogP contribution >= 0.6 is 11.3 Å².